The van der Waals surface area contributed by atoms with Gasteiger partial charge >= 0.3 is 6.15 Å². The number of nitrogens with one attached hydrogen (secondary N) is 1. The van der Waals surface area contributed by atoms with Crippen LogP contribution in [0.2, 0.25) is 0 Å². The fraction of sp³-hybridized carbons (Fsp3) is 0.462. The minimum Gasteiger partial charge on any atom is -0.352 e. The lowest BCUT2D eigenvalue weighted by molar-refractivity contribution is -0.191. The third-order valence-electron chi connectivity index (χ3n) is 3.42. The van der Waals surface area contributed by atoms with Gasteiger partial charge in [-0.25, -0.2) is 0 Å². The molecule has 0 aliphatic carbocycles. The van der Waals surface area contributed by atoms with Crippen LogP contribution in [0.3, 0.4) is 0 Å². The minimum absolute atomic E-state index is 0.250. The van der Waals surface area contributed by atoms with Crippen molar-refractivity contribution in [3.8, 4) is 0 Å². The largest absolute Gasteiger partial charge is 0.373 e. The van der Waals surface area contributed by atoms with Crippen LogP contribution in [0.15, 0.2) is 18.5 Å². The van der Waals surface area contributed by atoms with Gasteiger partial charge in [0.2, 0.25) is 0 Å². The summed E-state index contributed by atoms with van der Waals surface area (Å²) in [5.41, 5.74) is 1.02. The van der Waals surface area contributed by atoms with E-state index in [0.717, 1.165) is 17.9 Å². The third kappa shape index (κ3) is 2.80. The van der Waals surface area contributed by atoms with Gasteiger partial charge in [-0.05, 0) is 32.3 Å². The van der Waals surface area contributed by atoms with E-state index in [0.29, 0.717) is 6.04 Å². The predicted molar refractivity (Wildman–Crippen MR) is 69.6 cm³/mol. The summed E-state index contributed by atoms with van der Waals surface area (Å²) in [6, 6.07) is 2.63. The zero-order valence-corrected chi connectivity index (χ0v) is 10.8. The Morgan fingerprint density at radius 1 is 1.42 bits per heavy atom. The van der Waals surface area contributed by atoms with E-state index in [-0.39, 0.29) is 6.15 Å². The fourth-order valence-corrected chi connectivity index (χ4v) is 2.48. The van der Waals surface area contributed by atoms with Crippen molar-refractivity contribution in [3.63, 3.8) is 0 Å². The molecule has 1 saturated heterocycles. The first-order valence-corrected chi connectivity index (χ1v) is 6.32. The Kier molecular flexibility index (Phi) is 4.26. The lowest BCUT2D eigenvalue weighted by Crippen LogP contribution is -2.37. The monoisotopic (exact) mass is 260 g/mol. The van der Waals surface area contributed by atoms with E-state index in [1.165, 1.54) is 24.6 Å². The summed E-state index contributed by atoms with van der Waals surface area (Å²) < 4.78 is 0. The van der Waals surface area contributed by atoms with Crippen molar-refractivity contribution in [2.75, 3.05) is 11.4 Å². The highest BCUT2D eigenvalue weighted by Crippen LogP contribution is 2.28. The van der Waals surface area contributed by atoms with Crippen LogP contribution in [0, 0.1) is 0 Å². The van der Waals surface area contributed by atoms with Gasteiger partial charge in [-0.1, -0.05) is 0 Å². The van der Waals surface area contributed by atoms with Crippen LogP contribution in [0.25, 0.3) is 10.9 Å². The van der Waals surface area contributed by atoms with E-state index in [9.17, 15) is 0 Å². The summed E-state index contributed by atoms with van der Waals surface area (Å²) in [4.78, 5) is 22.8. The molecule has 6 heteroatoms. The van der Waals surface area contributed by atoms with Crippen molar-refractivity contribution in [2.45, 2.75) is 32.2 Å². The number of anilines is 1. The molecule has 1 N–H and O–H groups in total. The van der Waals surface area contributed by atoms with Gasteiger partial charge in [0, 0.05) is 24.2 Å². The van der Waals surface area contributed by atoms with Crippen molar-refractivity contribution < 1.29 is 9.59 Å². The molecule has 0 spiro atoms. The van der Waals surface area contributed by atoms with Gasteiger partial charge in [-0.2, -0.15) is 14.7 Å². The van der Waals surface area contributed by atoms with Crippen LogP contribution in [-0.4, -0.2) is 33.9 Å². The molecule has 3 heterocycles. The van der Waals surface area contributed by atoms with Crippen LogP contribution >= 0.6 is 0 Å². The van der Waals surface area contributed by atoms with Crippen molar-refractivity contribution in [1.82, 2.24) is 15.2 Å². The zero-order chi connectivity index (χ0) is 13.7. The molecule has 1 fully saturated rings. The van der Waals surface area contributed by atoms with E-state index < -0.39 is 0 Å². The first-order valence-electron chi connectivity index (χ1n) is 6.32. The number of rotatable bonds is 1. The van der Waals surface area contributed by atoms with Gasteiger partial charge in [0.25, 0.3) is 0 Å². The lowest BCUT2D eigenvalue weighted by atomic mass is 10.0. The molecular formula is C13H16N4O2. The molecule has 19 heavy (non-hydrogen) atoms. The van der Waals surface area contributed by atoms with Gasteiger partial charge in [-0.3, -0.25) is 10.1 Å². The number of aromatic amines is 1. The predicted octanol–water partition coefficient (Wildman–Crippen LogP) is 1.75. The average molecular weight is 260 g/mol. The summed E-state index contributed by atoms with van der Waals surface area (Å²) in [6.45, 7) is 3.39. The molecule has 0 saturated carbocycles. The quantitative estimate of drug-likeness (QED) is 0.845. The Balaban J connectivity index is 0.000000408. The Morgan fingerprint density at radius 2 is 2.21 bits per heavy atom. The second kappa shape index (κ2) is 6.11. The van der Waals surface area contributed by atoms with Gasteiger partial charge in [-0.15, -0.1) is 0 Å². The maximum Gasteiger partial charge on any atom is 0.373 e. The molecule has 0 aromatic carbocycles. The summed E-state index contributed by atoms with van der Waals surface area (Å²) in [5.74, 6) is 1.09. The van der Waals surface area contributed by atoms with Crippen LogP contribution in [0.1, 0.15) is 26.2 Å². The maximum absolute atomic E-state index is 8.12. The zero-order valence-electron chi connectivity index (χ0n) is 10.8. The molecule has 100 valence electrons. The number of aromatic nitrogens is 3. The molecule has 1 atom stereocenters. The molecule has 0 bridgehead atoms. The summed E-state index contributed by atoms with van der Waals surface area (Å²) in [7, 11) is 0. The van der Waals surface area contributed by atoms with E-state index >= 15 is 0 Å². The number of pyridine rings is 1. The van der Waals surface area contributed by atoms with Gasteiger partial charge in [0.1, 0.15) is 0 Å². The summed E-state index contributed by atoms with van der Waals surface area (Å²) in [5, 5.41) is 8.67. The average Bonchev–Trinajstić information content (AvgIpc) is 2.84. The number of nitrogens with zero attached hydrogens (tertiary/aromatic N) is 3. The maximum atomic E-state index is 8.12. The van der Waals surface area contributed by atoms with E-state index in [1.807, 2.05) is 18.5 Å². The number of carbonyl (C=O) groups excluding carboxylic acids is 2. The highest BCUT2D eigenvalue weighted by Gasteiger charge is 2.22. The molecule has 1 unspecified atom stereocenters. The molecule has 6 nitrogen and oxygen atoms in total. The van der Waals surface area contributed by atoms with Crippen LogP contribution < -0.4 is 4.90 Å². The Labute approximate surface area is 110 Å². The third-order valence-corrected chi connectivity index (χ3v) is 3.42. The second-order valence-electron chi connectivity index (χ2n) is 4.59. The van der Waals surface area contributed by atoms with Crippen LogP contribution in [-0.2, 0) is 9.59 Å². The van der Waals surface area contributed by atoms with Crippen molar-refractivity contribution in [2.24, 2.45) is 0 Å². The van der Waals surface area contributed by atoms with Crippen molar-refractivity contribution in [1.29, 1.82) is 0 Å². The number of hydrogen-bond acceptors (Lipinski definition) is 5. The molecule has 0 radical (unpaired) electrons. The van der Waals surface area contributed by atoms with Crippen molar-refractivity contribution in [3.05, 3.63) is 18.5 Å². The second-order valence-corrected chi connectivity index (χ2v) is 4.59. The summed E-state index contributed by atoms with van der Waals surface area (Å²) in [6.07, 6.45) is 7.78. The number of piperidine rings is 1. The van der Waals surface area contributed by atoms with Gasteiger partial charge in [0.05, 0.1) is 11.7 Å². The highest BCUT2D eigenvalue weighted by atomic mass is 16.2. The van der Waals surface area contributed by atoms with E-state index in [4.69, 9.17) is 9.59 Å². The summed E-state index contributed by atoms with van der Waals surface area (Å²) >= 11 is 0. The Bertz CT molecular complexity index is 575. The van der Waals surface area contributed by atoms with Gasteiger partial charge in [0.15, 0.2) is 5.82 Å². The molecule has 2 aromatic heterocycles. The van der Waals surface area contributed by atoms with E-state index in [1.54, 1.807) is 0 Å². The Hall–Kier alpha value is -2.20. The van der Waals surface area contributed by atoms with Crippen molar-refractivity contribution >= 4 is 22.9 Å². The molecule has 1 aliphatic heterocycles. The SMILES string of the molecule is CC1CCCCN1c1n[nH]c2cnccc12.O=C=O. The molecular weight excluding hydrogens is 244 g/mol. The number of H-pyrrole nitrogens is 1. The smallest absolute Gasteiger partial charge is 0.352 e. The molecule has 3 rings (SSSR count). The standard InChI is InChI=1S/C12H16N4.CO2/c1-9-4-2-3-7-16(9)12-10-5-6-13-8-11(10)14-15-12;2-1-3/h5-6,8-9H,2-4,7H2,1H3,(H,14,15);. The van der Waals surface area contributed by atoms with E-state index in [2.05, 4.69) is 27.0 Å². The minimum atomic E-state index is 0.250. The van der Waals surface area contributed by atoms with Crippen LogP contribution in [0.4, 0.5) is 5.82 Å². The Morgan fingerprint density at radius 3 is 2.95 bits per heavy atom. The van der Waals surface area contributed by atoms with Gasteiger partial charge < -0.3 is 4.90 Å². The number of hydrogen-bond donors (Lipinski definition) is 1. The normalized spacial score (nSPS) is 18.6. The fourth-order valence-electron chi connectivity index (χ4n) is 2.48. The first-order chi connectivity index (χ1) is 9.27. The number of fused-ring (bicyclic) bond motifs is 1. The molecule has 0 amide bonds. The lowest BCUT2D eigenvalue weighted by Gasteiger charge is -2.33. The molecule has 2 aromatic rings. The first kappa shape index (κ1) is 13.2. The topological polar surface area (TPSA) is 79.0 Å². The highest BCUT2D eigenvalue weighted by molar-refractivity contribution is 5.89. The van der Waals surface area contributed by atoms with Crippen LogP contribution in [0.5, 0.6) is 0 Å². The molecule has 1 aliphatic rings.